The molecule has 0 rings (SSSR count). The van der Waals surface area contributed by atoms with Gasteiger partial charge in [-0.05, 0) is 77.0 Å². The van der Waals surface area contributed by atoms with Crippen molar-refractivity contribution in [3.63, 3.8) is 0 Å². The number of unbranched alkanes of at least 4 members (excludes halogenated alkanes) is 48. The van der Waals surface area contributed by atoms with Gasteiger partial charge in [0.1, 0.15) is 0 Å². The number of allylic oxidation sites excluding steroid dienone is 4. The normalized spacial score (nSPS) is 12.6. The highest BCUT2D eigenvalue weighted by Gasteiger charge is 2.20. The third-order valence-corrected chi connectivity index (χ3v) is 15.7. The Bertz CT molecular complexity index is 1150. The number of aliphatic hydroxyl groups is 2. The number of hydrogen-bond acceptors (Lipinski definition) is 5. The summed E-state index contributed by atoms with van der Waals surface area (Å²) in [5, 5.41) is 23.3. The summed E-state index contributed by atoms with van der Waals surface area (Å²) >= 11 is 0. The summed E-state index contributed by atoms with van der Waals surface area (Å²) in [6, 6.07) is -0.541. The molecule has 0 aromatic heterocycles. The molecule has 0 aromatic carbocycles. The maximum atomic E-state index is 12.5. The number of hydrogen-bond donors (Lipinski definition) is 3. The van der Waals surface area contributed by atoms with Crippen LogP contribution in [0, 0.1) is 0 Å². The molecule has 6 heteroatoms. The fourth-order valence-electron chi connectivity index (χ4n) is 10.6. The summed E-state index contributed by atoms with van der Waals surface area (Å²) in [6.45, 7) is 4.97. The van der Waals surface area contributed by atoms with E-state index in [1.54, 1.807) is 0 Å². The largest absolute Gasteiger partial charge is 0.466 e. The second kappa shape index (κ2) is 63.9. The molecule has 0 heterocycles. The van der Waals surface area contributed by atoms with Gasteiger partial charge in [0.25, 0.3) is 0 Å². The Kier molecular flexibility index (Phi) is 62.4. The first kappa shape index (κ1) is 72.3. The van der Waals surface area contributed by atoms with Crippen LogP contribution in [0.4, 0.5) is 0 Å². The van der Waals surface area contributed by atoms with Gasteiger partial charge < -0.3 is 20.3 Å². The van der Waals surface area contributed by atoms with Crippen LogP contribution in [0.25, 0.3) is 0 Å². The molecule has 0 bridgehead atoms. The van der Waals surface area contributed by atoms with E-state index in [1.807, 2.05) is 0 Å². The van der Waals surface area contributed by atoms with Crippen molar-refractivity contribution in [2.75, 3.05) is 13.2 Å². The van der Waals surface area contributed by atoms with Gasteiger partial charge >= 0.3 is 5.97 Å². The fraction of sp³-hybridized carbons (Fsp3) is 0.912. The van der Waals surface area contributed by atoms with Gasteiger partial charge in [0.2, 0.25) is 5.91 Å². The molecule has 2 unspecified atom stereocenters. The summed E-state index contributed by atoms with van der Waals surface area (Å²) < 4.78 is 5.50. The van der Waals surface area contributed by atoms with E-state index in [0.29, 0.717) is 25.9 Å². The number of rotatable bonds is 63. The van der Waals surface area contributed by atoms with Crippen LogP contribution in [0.2, 0.25) is 0 Å². The first-order chi connectivity index (χ1) is 36.5. The Morgan fingerprint density at radius 2 is 0.635 bits per heavy atom. The third kappa shape index (κ3) is 59.6. The molecule has 6 nitrogen and oxygen atoms in total. The molecule has 0 radical (unpaired) electrons. The molecule has 0 aliphatic heterocycles. The molecule has 0 saturated heterocycles. The van der Waals surface area contributed by atoms with Gasteiger partial charge in [-0.3, -0.25) is 9.59 Å². The van der Waals surface area contributed by atoms with Crippen molar-refractivity contribution in [2.24, 2.45) is 0 Å². The van der Waals surface area contributed by atoms with Crippen molar-refractivity contribution in [2.45, 2.75) is 386 Å². The van der Waals surface area contributed by atoms with Crippen molar-refractivity contribution < 1.29 is 24.5 Å². The molecule has 0 spiro atoms. The van der Waals surface area contributed by atoms with E-state index in [9.17, 15) is 19.8 Å². The van der Waals surface area contributed by atoms with Gasteiger partial charge in [0, 0.05) is 12.8 Å². The van der Waals surface area contributed by atoms with E-state index in [-0.39, 0.29) is 18.5 Å². The van der Waals surface area contributed by atoms with Crippen LogP contribution in [-0.4, -0.2) is 47.4 Å². The minimum Gasteiger partial charge on any atom is -0.466 e. The molecule has 3 N–H and O–H groups in total. The number of carbonyl (C=O) groups excluding carboxylic acids is 2. The summed E-state index contributed by atoms with van der Waals surface area (Å²) in [4.78, 5) is 24.6. The number of carbonyl (C=O) groups is 2. The number of amides is 1. The van der Waals surface area contributed by atoms with E-state index in [1.165, 1.54) is 295 Å². The quantitative estimate of drug-likeness (QED) is 0.0320. The van der Waals surface area contributed by atoms with Crippen LogP contribution in [0.3, 0.4) is 0 Å². The topological polar surface area (TPSA) is 95.9 Å². The predicted molar refractivity (Wildman–Crippen MR) is 324 cm³/mol. The zero-order valence-electron chi connectivity index (χ0n) is 50.1. The smallest absolute Gasteiger partial charge is 0.305 e. The van der Waals surface area contributed by atoms with Crippen molar-refractivity contribution in [1.82, 2.24) is 5.32 Å². The molecule has 0 aliphatic rings. The fourth-order valence-corrected chi connectivity index (χ4v) is 10.6. The second-order valence-corrected chi connectivity index (χ2v) is 23.1. The van der Waals surface area contributed by atoms with Crippen LogP contribution in [0.1, 0.15) is 373 Å². The maximum Gasteiger partial charge on any atom is 0.305 e. The minimum absolute atomic E-state index is 0.0123. The van der Waals surface area contributed by atoms with E-state index in [2.05, 4.69) is 43.5 Å². The predicted octanol–water partition coefficient (Wildman–Crippen LogP) is 21.4. The first-order valence-corrected chi connectivity index (χ1v) is 33.6. The average Bonchev–Trinajstić information content (AvgIpc) is 3.40. The number of ether oxygens (including phenoxy) is 1. The second-order valence-electron chi connectivity index (χ2n) is 23.1. The molecule has 0 fully saturated rings. The molecular formula is C68H131NO5. The molecule has 0 aliphatic carbocycles. The molecule has 2 atom stereocenters. The zero-order valence-corrected chi connectivity index (χ0v) is 50.1. The highest BCUT2D eigenvalue weighted by atomic mass is 16.5. The van der Waals surface area contributed by atoms with Crippen LogP contribution in [0.15, 0.2) is 24.3 Å². The van der Waals surface area contributed by atoms with Crippen LogP contribution < -0.4 is 5.32 Å². The van der Waals surface area contributed by atoms with Crippen molar-refractivity contribution in [3.05, 3.63) is 24.3 Å². The van der Waals surface area contributed by atoms with Crippen molar-refractivity contribution >= 4 is 11.9 Å². The third-order valence-electron chi connectivity index (χ3n) is 15.7. The van der Waals surface area contributed by atoms with E-state index >= 15 is 0 Å². The summed E-state index contributed by atoms with van der Waals surface area (Å²) in [7, 11) is 0. The van der Waals surface area contributed by atoms with Crippen LogP contribution >= 0.6 is 0 Å². The Labute approximate surface area is 462 Å². The lowest BCUT2D eigenvalue weighted by Crippen LogP contribution is -2.45. The monoisotopic (exact) mass is 1040 g/mol. The van der Waals surface area contributed by atoms with Gasteiger partial charge in [-0.15, -0.1) is 0 Å². The Morgan fingerprint density at radius 1 is 0.365 bits per heavy atom. The van der Waals surface area contributed by atoms with Gasteiger partial charge in [0.05, 0.1) is 25.4 Å². The lowest BCUT2D eigenvalue weighted by atomic mass is 10.0. The summed E-state index contributed by atoms with van der Waals surface area (Å²) in [6.07, 6.45) is 79.3. The lowest BCUT2D eigenvalue weighted by Gasteiger charge is -2.22. The number of esters is 1. The van der Waals surface area contributed by atoms with E-state index < -0.39 is 12.1 Å². The molecule has 74 heavy (non-hydrogen) atoms. The highest BCUT2D eigenvalue weighted by molar-refractivity contribution is 5.76. The van der Waals surface area contributed by atoms with Crippen molar-refractivity contribution in [1.29, 1.82) is 0 Å². The zero-order chi connectivity index (χ0) is 53.6. The maximum absolute atomic E-state index is 12.5. The minimum atomic E-state index is -0.664. The Balaban J connectivity index is 3.36. The Hall–Kier alpha value is -1.66. The molecule has 438 valence electrons. The van der Waals surface area contributed by atoms with E-state index in [4.69, 9.17) is 4.74 Å². The van der Waals surface area contributed by atoms with Crippen LogP contribution in [-0.2, 0) is 14.3 Å². The number of aliphatic hydroxyl groups excluding tert-OH is 2. The first-order valence-electron chi connectivity index (χ1n) is 33.6. The highest BCUT2D eigenvalue weighted by Crippen LogP contribution is 2.18. The number of nitrogens with one attached hydrogen (secondary N) is 1. The Morgan fingerprint density at radius 3 is 0.959 bits per heavy atom. The molecular weight excluding hydrogens is 911 g/mol. The summed E-state index contributed by atoms with van der Waals surface area (Å²) in [5.41, 5.74) is 0. The van der Waals surface area contributed by atoms with Gasteiger partial charge in [0.15, 0.2) is 0 Å². The average molecular weight is 1040 g/mol. The van der Waals surface area contributed by atoms with Gasteiger partial charge in [-0.2, -0.15) is 0 Å². The van der Waals surface area contributed by atoms with Gasteiger partial charge in [-0.25, -0.2) is 0 Å². The van der Waals surface area contributed by atoms with Gasteiger partial charge in [-0.1, -0.05) is 308 Å². The molecule has 0 saturated carbocycles. The van der Waals surface area contributed by atoms with Crippen LogP contribution in [0.5, 0.6) is 0 Å². The standard InChI is InChI=1S/C68H131NO5/c1-3-5-7-9-11-13-15-17-18-30-34-38-42-46-50-54-58-62-68(73)74-63-59-55-51-47-43-39-35-32-29-27-25-23-21-19-20-22-24-26-28-31-33-37-41-45-49-53-57-61-67(72)69-65(64-70)66(71)60-56-52-48-44-40-36-16-14-12-10-8-6-4-2/h17-20,65-66,70-71H,3-16,21-64H2,1-2H3,(H,69,72)/b18-17-,20-19-. The lowest BCUT2D eigenvalue weighted by molar-refractivity contribution is -0.143. The van der Waals surface area contributed by atoms with Crippen molar-refractivity contribution in [3.8, 4) is 0 Å². The SMILES string of the molecule is CCCCCCCC/C=C\CCCCCCCCCC(=O)OCCCCCCCCCCCCCC/C=C\CCCCCCCCCCCCCC(=O)NC(CO)C(O)CCCCCCCCCCCCCCC. The molecule has 0 aromatic rings. The summed E-state index contributed by atoms with van der Waals surface area (Å²) in [5.74, 6) is -0.0219. The molecule has 1 amide bonds. The van der Waals surface area contributed by atoms with E-state index in [0.717, 1.165) is 44.9 Å².